The Balaban J connectivity index is 2.08. The molecule has 2 rings (SSSR count). The van der Waals surface area contributed by atoms with Crippen molar-refractivity contribution in [2.45, 2.75) is 12.8 Å². The van der Waals surface area contributed by atoms with E-state index in [1.807, 2.05) is 0 Å². The Morgan fingerprint density at radius 2 is 1.96 bits per heavy atom. The Bertz CT molecular complexity index is 632. The van der Waals surface area contributed by atoms with E-state index in [9.17, 15) is 14.4 Å². The van der Waals surface area contributed by atoms with Crippen LogP contribution in [0.25, 0.3) is 0 Å². The van der Waals surface area contributed by atoms with Crippen molar-refractivity contribution < 1.29 is 24.2 Å². The number of anilines is 1. The van der Waals surface area contributed by atoms with Gasteiger partial charge in [-0.1, -0.05) is 0 Å². The topological polar surface area (TPSA) is 113 Å². The van der Waals surface area contributed by atoms with Gasteiger partial charge >= 0.3 is 5.97 Å². The van der Waals surface area contributed by atoms with Crippen LogP contribution in [0.4, 0.5) is 5.69 Å². The van der Waals surface area contributed by atoms with E-state index in [4.69, 9.17) is 15.6 Å². The molecule has 8 nitrogen and oxygen atoms in total. The first-order valence-corrected chi connectivity index (χ1v) is 8.08. The Kier molecular flexibility index (Phi) is 6.21. The minimum Gasteiger partial charge on any atom is -0.497 e. The van der Waals surface area contributed by atoms with E-state index in [-0.39, 0.29) is 31.5 Å². The molecule has 1 atom stereocenters. The van der Waals surface area contributed by atoms with Crippen LogP contribution in [0, 0.1) is 5.92 Å². The fourth-order valence-electron chi connectivity index (χ4n) is 2.89. The van der Waals surface area contributed by atoms with Crippen molar-refractivity contribution in [3.05, 3.63) is 24.3 Å². The van der Waals surface area contributed by atoms with Gasteiger partial charge in [-0.15, -0.1) is 0 Å². The number of carbonyl (C=O) groups is 3. The minimum absolute atomic E-state index is 0.0793. The molecule has 1 heterocycles. The number of primary amides is 1. The van der Waals surface area contributed by atoms with Gasteiger partial charge in [-0.2, -0.15) is 0 Å². The summed E-state index contributed by atoms with van der Waals surface area (Å²) in [5.41, 5.74) is 5.95. The van der Waals surface area contributed by atoms with Crippen LogP contribution in [-0.4, -0.2) is 61.1 Å². The maximum Gasteiger partial charge on any atom is 0.323 e. The van der Waals surface area contributed by atoms with Crippen molar-refractivity contribution in [2.75, 3.05) is 38.2 Å². The van der Waals surface area contributed by atoms with Crippen LogP contribution in [0.3, 0.4) is 0 Å². The Morgan fingerprint density at radius 3 is 2.52 bits per heavy atom. The number of amides is 2. The van der Waals surface area contributed by atoms with Crippen molar-refractivity contribution in [3.63, 3.8) is 0 Å². The van der Waals surface area contributed by atoms with Crippen LogP contribution in [0.2, 0.25) is 0 Å². The van der Waals surface area contributed by atoms with Crippen LogP contribution in [-0.2, 0) is 14.4 Å². The number of likely N-dealkylation sites (tertiary alicyclic amines) is 1. The first-order valence-electron chi connectivity index (χ1n) is 8.08. The highest BCUT2D eigenvalue weighted by atomic mass is 16.5. The molecule has 136 valence electrons. The van der Waals surface area contributed by atoms with E-state index >= 15 is 0 Å². The first-order chi connectivity index (χ1) is 11.9. The molecule has 1 aromatic carbocycles. The zero-order valence-electron chi connectivity index (χ0n) is 14.2. The number of rotatable bonds is 7. The maximum absolute atomic E-state index is 12.6. The van der Waals surface area contributed by atoms with E-state index in [2.05, 4.69) is 0 Å². The summed E-state index contributed by atoms with van der Waals surface area (Å²) in [6, 6.07) is 6.83. The molecule has 1 aromatic rings. The Hall–Kier alpha value is -2.77. The van der Waals surface area contributed by atoms with Gasteiger partial charge in [-0.05, 0) is 37.1 Å². The molecule has 0 bridgehead atoms. The summed E-state index contributed by atoms with van der Waals surface area (Å²) in [7, 11) is 1.54. The largest absolute Gasteiger partial charge is 0.497 e. The number of hydrogen-bond acceptors (Lipinski definition) is 5. The third-order valence-corrected chi connectivity index (χ3v) is 4.27. The number of methoxy groups -OCH3 is 1. The number of nitrogens with zero attached hydrogens (tertiary/aromatic N) is 2. The van der Waals surface area contributed by atoms with Crippen LogP contribution in [0.5, 0.6) is 5.75 Å². The Labute approximate surface area is 146 Å². The summed E-state index contributed by atoms with van der Waals surface area (Å²) in [5.74, 6) is -1.35. The van der Waals surface area contributed by atoms with E-state index in [0.717, 1.165) is 0 Å². The fourth-order valence-corrected chi connectivity index (χ4v) is 2.89. The molecule has 25 heavy (non-hydrogen) atoms. The average molecular weight is 349 g/mol. The lowest BCUT2D eigenvalue weighted by molar-refractivity contribution is -0.135. The van der Waals surface area contributed by atoms with Gasteiger partial charge in [0.25, 0.3) is 0 Å². The average Bonchev–Trinajstić information content (AvgIpc) is 2.61. The molecule has 0 saturated carbocycles. The number of carbonyl (C=O) groups excluding carboxylic acids is 2. The van der Waals surface area contributed by atoms with Crippen LogP contribution in [0.1, 0.15) is 12.8 Å². The molecule has 0 aliphatic carbocycles. The highest BCUT2D eigenvalue weighted by Gasteiger charge is 2.28. The Morgan fingerprint density at radius 1 is 1.28 bits per heavy atom. The second-order valence-corrected chi connectivity index (χ2v) is 6.03. The van der Waals surface area contributed by atoms with E-state index < -0.39 is 11.9 Å². The number of piperidine rings is 1. The molecular weight excluding hydrogens is 326 g/mol. The lowest BCUT2D eigenvalue weighted by atomic mass is 9.97. The lowest BCUT2D eigenvalue weighted by Crippen LogP contribution is -2.48. The monoisotopic (exact) mass is 349 g/mol. The summed E-state index contributed by atoms with van der Waals surface area (Å²) in [4.78, 5) is 38.1. The predicted molar refractivity (Wildman–Crippen MR) is 91.3 cm³/mol. The quantitative estimate of drug-likeness (QED) is 0.732. The van der Waals surface area contributed by atoms with Crippen molar-refractivity contribution >= 4 is 23.5 Å². The second kappa shape index (κ2) is 8.36. The molecule has 2 amide bonds. The van der Waals surface area contributed by atoms with Gasteiger partial charge in [-0.25, -0.2) is 0 Å². The molecule has 8 heteroatoms. The summed E-state index contributed by atoms with van der Waals surface area (Å²) in [5, 5.41) is 9.13. The van der Waals surface area contributed by atoms with Crippen molar-refractivity contribution in [2.24, 2.45) is 11.7 Å². The summed E-state index contributed by atoms with van der Waals surface area (Å²) in [6.45, 7) is 0.457. The minimum atomic E-state index is -1.03. The van der Waals surface area contributed by atoms with Gasteiger partial charge in [0, 0.05) is 18.8 Å². The number of hydrogen-bond donors (Lipinski definition) is 2. The molecule has 1 saturated heterocycles. The van der Waals surface area contributed by atoms with Crippen LogP contribution in [0.15, 0.2) is 24.3 Å². The normalized spacial score (nSPS) is 17.0. The zero-order chi connectivity index (χ0) is 18.4. The standard InChI is InChI=1S/C17H23N3O5/c1-25-14-6-4-13(5-7-14)20(11-16(22)23)10-15(21)19-8-2-3-12(9-19)17(18)24/h4-7,12H,2-3,8-11H2,1H3,(H2,18,24)(H,22,23). The number of ether oxygens (including phenoxy) is 1. The summed E-state index contributed by atoms with van der Waals surface area (Å²) < 4.78 is 5.09. The fraction of sp³-hybridized carbons (Fsp3) is 0.471. The lowest BCUT2D eigenvalue weighted by Gasteiger charge is -2.33. The molecule has 1 fully saturated rings. The number of benzene rings is 1. The number of nitrogens with two attached hydrogens (primary N) is 1. The first kappa shape index (κ1) is 18.6. The number of carboxylic acids is 1. The SMILES string of the molecule is COc1ccc(N(CC(=O)O)CC(=O)N2CCCC(C(N)=O)C2)cc1. The molecule has 0 spiro atoms. The smallest absolute Gasteiger partial charge is 0.323 e. The molecule has 0 radical (unpaired) electrons. The van der Waals surface area contributed by atoms with Crippen LogP contribution >= 0.6 is 0 Å². The van der Waals surface area contributed by atoms with Crippen molar-refractivity contribution in [1.82, 2.24) is 4.90 Å². The molecule has 0 aromatic heterocycles. The zero-order valence-corrected chi connectivity index (χ0v) is 14.2. The van der Waals surface area contributed by atoms with E-state index in [1.165, 1.54) is 4.90 Å². The van der Waals surface area contributed by atoms with Gasteiger partial charge in [-0.3, -0.25) is 14.4 Å². The summed E-state index contributed by atoms with van der Waals surface area (Å²) >= 11 is 0. The molecular formula is C17H23N3O5. The van der Waals surface area contributed by atoms with Gasteiger partial charge in [0.1, 0.15) is 12.3 Å². The van der Waals surface area contributed by atoms with Crippen molar-refractivity contribution in [3.8, 4) is 5.75 Å². The van der Waals surface area contributed by atoms with E-state index in [1.54, 1.807) is 36.3 Å². The number of carboxylic acid groups (broad SMARTS) is 1. The maximum atomic E-state index is 12.6. The van der Waals surface area contributed by atoms with Gasteiger partial charge in [0.15, 0.2) is 0 Å². The summed E-state index contributed by atoms with van der Waals surface area (Å²) in [6.07, 6.45) is 1.39. The molecule has 1 unspecified atom stereocenters. The highest BCUT2D eigenvalue weighted by molar-refractivity contribution is 5.85. The van der Waals surface area contributed by atoms with Gasteiger partial charge in [0.05, 0.1) is 19.6 Å². The van der Waals surface area contributed by atoms with Crippen LogP contribution < -0.4 is 15.4 Å². The molecule has 3 N–H and O–H groups in total. The third kappa shape index (κ3) is 5.10. The van der Waals surface area contributed by atoms with E-state index in [0.29, 0.717) is 30.8 Å². The van der Waals surface area contributed by atoms with Crippen molar-refractivity contribution in [1.29, 1.82) is 0 Å². The van der Waals surface area contributed by atoms with Gasteiger partial charge < -0.3 is 25.4 Å². The second-order valence-electron chi connectivity index (χ2n) is 6.03. The van der Waals surface area contributed by atoms with Gasteiger partial charge in [0.2, 0.25) is 11.8 Å². The highest BCUT2D eigenvalue weighted by Crippen LogP contribution is 2.20. The molecule has 1 aliphatic heterocycles. The number of aliphatic carboxylic acids is 1. The third-order valence-electron chi connectivity index (χ3n) is 4.27. The molecule has 1 aliphatic rings. The predicted octanol–water partition coefficient (Wildman–Crippen LogP) is 0.310.